The van der Waals surface area contributed by atoms with Gasteiger partial charge in [-0.25, -0.2) is 4.79 Å². The van der Waals surface area contributed by atoms with E-state index in [1.54, 1.807) is 24.3 Å². The van der Waals surface area contributed by atoms with Gasteiger partial charge in [-0.2, -0.15) is 0 Å². The van der Waals surface area contributed by atoms with E-state index in [-0.39, 0.29) is 11.2 Å². The number of hydrogen-bond donors (Lipinski definition) is 1. The first-order valence-corrected chi connectivity index (χ1v) is 7.52. The molecule has 0 radical (unpaired) electrons. The third-order valence-corrected chi connectivity index (χ3v) is 4.58. The Hall–Kier alpha value is -3.40. The maximum absolute atomic E-state index is 12.2. The second kappa shape index (κ2) is 4.32. The molecule has 114 valence electrons. The van der Waals surface area contributed by atoms with Crippen LogP contribution in [0.3, 0.4) is 0 Å². The molecule has 0 amide bonds. The summed E-state index contributed by atoms with van der Waals surface area (Å²) in [4.78, 5) is 23.7. The van der Waals surface area contributed by atoms with Crippen LogP contribution in [0.4, 0.5) is 0 Å². The monoisotopic (exact) mass is 314 g/mol. The fourth-order valence-corrected chi connectivity index (χ4v) is 3.62. The molecule has 0 unspecified atom stereocenters. The summed E-state index contributed by atoms with van der Waals surface area (Å²) in [5.74, 6) is -1.23. The van der Waals surface area contributed by atoms with Crippen molar-refractivity contribution in [2.24, 2.45) is 0 Å². The van der Waals surface area contributed by atoms with Crippen molar-refractivity contribution in [3.63, 3.8) is 0 Å². The van der Waals surface area contributed by atoms with Crippen molar-refractivity contribution in [3.8, 4) is 0 Å². The number of aromatic carboxylic acids is 1. The van der Waals surface area contributed by atoms with E-state index in [0.717, 1.165) is 32.3 Å². The van der Waals surface area contributed by atoms with E-state index in [9.17, 15) is 14.7 Å². The van der Waals surface area contributed by atoms with E-state index in [1.165, 1.54) is 6.07 Å². The van der Waals surface area contributed by atoms with Crippen molar-refractivity contribution in [2.75, 3.05) is 0 Å². The number of hydrogen-bond acceptors (Lipinski definition) is 3. The summed E-state index contributed by atoms with van der Waals surface area (Å²) in [6.45, 7) is 0. The van der Waals surface area contributed by atoms with Gasteiger partial charge in [0.05, 0.1) is 0 Å². The lowest BCUT2D eigenvalue weighted by Crippen LogP contribution is -2.01. The number of rotatable bonds is 1. The van der Waals surface area contributed by atoms with Crippen LogP contribution in [-0.4, -0.2) is 11.1 Å². The molecule has 5 aromatic rings. The minimum atomic E-state index is -1.12. The van der Waals surface area contributed by atoms with E-state index in [0.29, 0.717) is 11.0 Å². The van der Waals surface area contributed by atoms with Crippen LogP contribution < -0.4 is 5.43 Å². The third kappa shape index (κ3) is 1.52. The minimum absolute atomic E-state index is 0.0368. The highest BCUT2D eigenvalue weighted by Crippen LogP contribution is 2.39. The first-order valence-electron chi connectivity index (χ1n) is 7.52. The Morgan fingerprint density at radius 3 is 2.25 bits per heavy atom. The third-order valence-electron chi connectivity index (χ3n) is 4.58. The van der Waals surface area contributed by atoms with Crippen LogP contribution in [0.5, 0.6) is 0 Å². The first kappa shape index (κ1) is 13.1. The number of carboxylic acids is 1. The van der Waals surface area contributed by atoms with Crippen molar-refractivity contribution in [1.29, 1.82) is 0 Å². The number of carbonyl (C=O) groups is 1. The molecule has 24 heavy (non-hydrogen) atoms. The van der Waals surface area contributed by atoms with Gasteiger partial charge < -0.3 is 9.52 Å². The Kier molecular flexibility index (Phi) is 2.36. The molecule has 4 heteroatoms. The van der Waals surface area contributed by atoms with Crippen molar-refractivity contribution < 1.29 is 14.3 Å². The van der Waals surface area contributed by atoms with Crippen LogP contribution >= 0.6 is 0 Å². The molecule has 0 aliphatic carbocycles. The molecule has 0 atom stereocenters. The van der Waals surface area contributed by atoms with Crippen molar-refractivity contribution in [1.82, 2.24) is 0 Å². The largest absolute Gasteiger partial charge is 0.475 e. The van der Waals surface area contributed by atoms with Gasteiger partial charge in [0.2, 0.25) is 5.76 Å². The Bertz CT molecular complexity index is 1340. The zero-order valence-electron chi connectivity index (χ0n) is 12.4. The average molecular weight is 314 g/mol. The average Bonchev–Trinajstić information content (AvgIpc) is 2.60. The maximum Gasteiger partial charge on any atom is 0.371 e. The van der Waals surface area contributed by atoms with E-state index >= 15 is 0 Å². The lowest BCUT2D eigenvalue weighted by Gasteiger charge is -2.13. The Morgan fingerprint density at radius 2 is 1.46 bits per heavy atom. The molecule has 0 aliphatic heterocycles. The van der Waals surface area contributed by atoms with Crippen LogP contribution in [0.2, 0.25) is 0 Å². The Labute approximate surface area is 134 Å². The summed E-state index contributed by atoms with van der Waals surface area (Å²) >= 11 is 0. The number of benzene rings is 4. The Balaban J connectivity index is 2.23. The second-order valence-corrected chi connectivity index (χ2v) is 5.85. The molecule has 4 nitrogen and oxygen atoms in total. The van der Waals surface area contributed by atoms with Gasteiger partial charge >= 0.3 is 5.97 Å². The normalized spacial score (nSPS) is 11.8. The van der Waals surface area contributed by atoms with Crippen molar-refractivity contribution >= 4 is 49.3 Å². The summed E-state index contributed by atoms with van der Waals surface area (Å²) in [7, 11) is 0. The van der Waals surface area contributed by atoms with Crippen LogP contribution in [0.15, 0.2) is 63.8 Å². The van der Waals surface area contributed by atoms with Gasteiger partial charge in [0.1, 0.15) is 5.58 Å². The fourth-order valence-electron chi connectivity index (χ4n) is 3.62. The summed E-state index contributed by atoms with van der Waals surface area (Å²) in [6.07, 6.45) is 0. The fraction of sp³-hybridized carbons (Fsp3) is 0. The van der Waals surface area contributed by atoms with Crippen LogP contribution in [0.25, 0.3) is 43.3 Å². The molecule has 0 saturated carbocycles. The smallest absolute Gasteiger partial charge is 0.371 e. The van der Waals surface area contributed by atoms with Gasteiger partial charge in [-0.15, -0.1) is 0 Å². The number of carboxylic acid groups (broad SMARTS) is 1. The van der Waals surface area contributed by atoms with Gasteiger partial charge in [0, 0.05) is 16.2 Å². The lowest BCUT2D eigenvalue weighted by molar-refractivity contribution is 0.0663. The van der Waals surface area contributed by atoms with E-state index in [4.69, 9.17) is 4.42 Å². The topological polar surface area (TPSA) is 67.5 Å². The molecular formula is C20H10O4. The van der Waals surface area contributed by atoms with Crippen LogP contribution in [-0.2, 0) is 0 Å². The van der Waals surface area contributed by atoms with Gasteiger partial charge in [-0.1, -0.05) is 30.3 Å². The molecule has 0 saturated heterocycles. The van der Waals surface area contributed by atoms with Gasteiger partial charge in [-0.05, 0) is 45.8 Å². The molecule has 0 bridgehead atoms. The van der Waals surface area contributed by atoms with E-state index in [2.05, 4.69) is 0 Å². The van der Waals surface area contributed by atoms with Crippen LogP contribution in [0, 0.1) is 0 Å². The molecule has 1 aromatic heterocycles. The second-order valence-electron chi connectivity index (χ2n) is 5.85. The Morgan fingerprint density at radius 1 is 0.792 bits per heavy atom. The molecule has 5 rings (SSSR count). The zero-order valence-corrected chi connectivity index (χ0v) is 12.4. The molecular weight excluding hydrogens is 304 g/mol. The highest BCUT2D eigenvalue weighted by atomic mass is 16.4. The highest BCUT2D eigenvalue weighted by Gasteiger charge is 2.17. The summed E-state index contributed by atoms with van der Waals surface area (Å²) in [5, 5.41) is 15.3. The maximum atomic E-state index is 12.2. The van der Waals surface area contributed by atoms with Crippen LogP contribution in [0.1, 0.15) is 10.6 Å². The SMILES string of the molecule is O=C(O)c1cc2c3ccc(=O)c4cccc(c5cccc(o1)c52)c43. The zero-order chi connectivity index (χ0) is 16.4. The standard InChI is InChI=1S/C20H10O4/c21-15-8-7-12-14-9-17(20(22)23)24-16-6-2-4-11(19(14)16)10-3-1-5-13(15)18(10)12/h1-9H,(H,22,23). The summed E-state index contributed by atoms with van der Waals surface area (Å²) < 4.78 is 5.55. The highest BCUT2D eigenvalue weighted by molar-refractivity contribution is 6.32. The number of fused-ring (bicyclic) bond motifs is 2. The summed E-state index contributed by atoms with van der Waals surface area (Å²) in [5.41, 5.74) is 0.488. The predicted octanol–water partition coefficient (Wildman–Crippen LogP) is 4.39. The molecule has 1 N–H and O–H groups in total. The molecule has 1 heterocycles. The van der Waals surface area contributed by atoms with Crippen molar-refractivity contribution in [2.45, 2.75) is 0 Å². The van der Waals surface area contributed by atoms with Gasteiger partial charge in [-0.3, -0.25) is 4.79 Å². The summed E-state index contributed by atoms with van der Waals surface area (Å²) in [6, 6.07) is 16.1. The lowest BCUT2D eigenvalue weighted by atomic mass is 9.91. The quantitative estimate of drug-likeness (QED) is 0.368. The predicted molar refractivity (Wildman–Crippen MR) is 93.1 cm³/mol. The van der Waals surface area contributed by atoms with Gasteiger partial charge in [0.15, 0.2) is 5.43 Å². The van der Waals surface area contributed by atoms with E-state index in [1.807, 2.05) is 24.3 Å². The molecule has 0 fully saturated rings. The molecule has 0 spiro atoms. The van der Waals surface area contributed by atoms with Crippen molar-refractivity contribution in [3.05, 3.63) is 70.6 Å². The van der Waals surface area contributed by atoms with E-state index < -0.39 is 5.97 Å². The molecule has 4 aromatic carbocycles. The first-order chi connectivity index (χ1) is 11.6. The van der Waals surface area contributed by atoms with Gasteiger partial charge in [0.25, 0.3) is 0 Å². The molecule has 0 aliphatic rings. The minimum Gasteiger partial charge on any atom is -0.475 e.